The van der Waals surface area contributed by atoms with Crippen molar-refractivity contribution in [1.82, 2.24) is 24.7 Å². The normalized spacial score (nSPS) is 11.4. The minimum atomic E-state index is 0.132. The predicted octanol–water partition coefficient (Wildman–Crippen LogP) is 4.34. The molecule has 0 aliphatic heterocycles. The van der Waals surface area contributed by atoms with Crippen LogP contribution in [0.2, 0.25) is 0 Å². The van der Waals surface area contributed by atoms with Gasteiger partial charge in [0.1, 0.15) is 11.8 Å². The molecule has 0 radical (unpaired) electrons. The van der Waals surface area contributed by atoms with E-state index >= 15 is 0 Å². The third-order valence-corrected chi connectivity index (χ3v) is 4.52. The van der Waals surface area contributed by atoms with Crippen LogP contribution in [0.25, 0.3) is 22.5 Å². The van der Waals surface area contributed by atoms with E-state index in [1.54, 1.807) is 41.7 Å². The average molecular weight is 424 g/mol. The molecule has 0 aliphatic rings. The third-order valence-electron chi connectivity index (χ3n) is 4.52. The molecule has 4 aromatic rings. The Morgan fingerprint density at radius 1 is 1.22 bits per heavy atom. The van der Waals surface area contributed by atoms with Crippen LogP contribution in [0.15, 0.2) is 66.6 Å². The molecule has 10 nitrogen and oxygen atoms in total. The number of nitrogens with zero attached hydrogens (tertiary/aromatic N) is 7. The van der Waals surface area contributed by atoms with E-state index in [2.05, 4.69) is 41.9 Å². The first-order valence-electron chi connectivity index (χ1n) is 9.84. The Hall–Kier alpha value is -4.65. The monoisotopic (exact) mass is 424 g/mol. The summed E-state index contributed by atoms with van der Waals surface area (Å²) in [6.45, 7) is 4.04. The average Bonchev–Trinajstić information content (AvgIpc) is 3.23. The summed E-state index contributed by atoms with van der Waals surface area (Å²) in [5.41, 5.74) is 11.3. The fourth-order valence-corrected chi connectivity index (χ4v) is 3.11. The summed E-state index contributed by atoms with van der Waals surface area (Å²) < 4.78 is 1.61. The number of anilines is 2. The van der Waals surface area contributed by atoms with Crippen LogP contribution in [0.3, 0.4) is 0 Å². The summed E-state index contributed by atoms with van der Waals surface area (Å²) in [5.74, 6) is 0.550. The Kier molecular flexibility index (Phi) is 5.81. The first-order valence-corrected chi connectivity index (χ1v) is 9.84. The molecule has 0 fully saturated rings. The summed E-state index contributed by atoms with van der Waals surface area (Å²) in [7, 11) is 0. The van der Waals surface area contributed by atoms with Crippen molar-refractivity contribution in [3.8, 4) is 11.9 Å². The van der Waals surface area contributed by atoms with E-state index in [0.29, 0.717) is 28.3 Å². The van der Waals surface area contributed by atoms with Crippen LogP contribution >= 0.6 is 0 Å². The van der Waals surface area contributed by atoms with Crippen molar-refractivity contribution < 1.29 is 0 Å². The van der Waals surface area contributed by atoms with Gasteiger partial charge in [0.05, 0.1) is 23.6 Å². The number of nitriles is 1. The van der Waals surface area contributed by atoms with Gasteiger partial charge in [-0.3, -0.25) is 4.98 Å². The molecule has 0 saturated heterocycles. The maximum atomic E-state index is 9.09. The van der Waals surface area contributed by atoms with Gasteiger partial charge in [-0.25, -0.2) is 15.5 Å². The van der Waals surface area contributed by atoms with Gasteiger partial charge >= 0.3 is 0 Å². The Balaban J connectivity index is 1.75. The van der Waals surface area contributed by atoms with Crippen molar-refractivity contribution in [3.63, 3.8) is 0 Å². The van der Waals surface area contributed by atoms with Gasteiger partial charge < -0.3 is 10.6 Å². The van der Waals surface area contributed by atoms with Crippen LogP contribution in [0.5, 0.6) is 0 Å². The topological polar surface area (TPSA) is 141 Å². The predicted molar refractivity (Wildman–Crippen MR) is 121 cm³/mol. The van der Waals surface area contributed by atoms with Gasteiger partial charge in [0.25, 0.3) is 0 Å². The fraction of sp³-hybridized carbons (Fsp3) is 0.136. The molecule has 0 saturated carbocycles. The summed E-state index contributed by atoms with van der Waals surface area (Å²) in [5, 5.41) is 24.4. The molecule has 0 aliphatic carbocycles. The van der Waals surface area contributed by atoms with Crippen LogP contribution < -0.4 is 10.6 Å². The Morgan fingerprint density at radius 2 is 2.09 bits per heavy atom. The quantitative estimate of drug-likeness (QED) is 0.375. The van der Waals surface area contributed by atoms with Crippen LogP contribution in [0.4, 0.5) is 11.4 Å². The lowest BCUT2D eigenvalue weighted by Crippen LogP contribution is -2.13. The molecule has 0 atom stereocenters. The molecule has 10 heteroatoms. The first kappa shape index (κ1) is 20.6. The van der Waals surface area contributed by atoms with Crippen LogP contribution in [-0.2, 0) is 0 Å². The second kappa shape index (κ2) is 9.01. The van der Waals surface area contributed by atoms with Crippen LogP contribution in [-0.4, -0.2) is 30.8 Å². The maximum absolute atomic E-state index is 9.09. The third kappa shape index (κ3) is 4.27. The summed E-state index contributed by atoms with van der Waals surface area (Å²) in [6, 6.07) is 9.47. The molecule has 0 spiro atoms. The molecule has 0 unspecified atom stereocenters. The minimum absolute atomic E-state index is 0.132. The number of aromatic nitrogens is 5. The SMILES string of the molecule is CC(C)Nc1cc(-n2ncc3cc(C#N)cnc32)ncc1/C(=C/Nc1cccnc1)N=N. The Morgan fingerprint density at radius 3 is 2.81 bits per heavy atom. The van der Waals surface area contributed by atoms with E-state index in [1.165, 1.54) is 6.20 Å². The molecule has 0 aromatic carbocycles. The second-order valence-corrected chi connectivity index (χ2v) is 7.22. The zero-order valence-electron chi connectivity index (χ0n) is 17.5. The summed E-state index contributed by atoms with van der Waals surface area (Å²) in [4.78, 5) is 13.0. The second-order valence-electron chi connectivity index (χ2n) is 7.22. The highest BCUT2D eigenvalue weighted by Gasteiger charge is 2.14. The summed E-state index contributed by atoms with van der Waals surface area (Å²) >= 11 is 0. The number of fused-ring (bicyclic) bond motifs is 1. The van der Waals surface area contributed by atoms with Gasteiger partial charge in [-0.05, 0) is 32.0 Å². The van der Waals surface area contributed by atoms with Gasteiger partial charge in [-0.2, -0.15) is 20.2 Å². The van der Waals surface area contributed by atoms with Crippen molar-refractivity contribution >= 4 is 28.1 Å². The molecular weight excluding hydrogens is 404 g/mol. The number of pyridine rings is 3. The van der Waals surface area contributed by atoms with Gasteiger partial charge in [0, 0.05) is 53.5 Å². The standard InChI is InChI=1S/C22H20N10/c1-14(2)30-19-7-21(32-22-16(10-29-32)6-15(8-23)9-28-22)27-12-18(19)20(31-24)13-26-17-4-3-5-25-11-17/h3-7,9-14,24,26H,1-2H3,(H,27,30)/b20-13-,31-24?. The van der Waals surface area contributed by atoms with E-state index in [9.17, 15) is 0 Å². The highest BCUT2D eigenvalue weighted by molar-refractivity contribution is 5.79. The van der Waals surface area contributed by atoms with E-state index in [1.807, 2.05) is 32.0 Å². The van der Waals surface area contributed by atoms with E-state index in [-0.39, 0.29) is 6.04 Å². The first-order chi connectivity index (χ1) is 15.6. The summed E-state index contributed by atoms with van der Waals surface area (Å²) in [6.07, 6.45) is 9.81. The van der Waals surface area contributed by atoms with Crippen molar-refractivity contribution in [2.24, 2.45) is 5.11 Å². The zero-order valence-corrected chi connectivity index (χ0v) is 17.5. The molecule has 0 amide bonds. The van der Waals surface area contributed by atoms with Crippen molar-refractivity contribution in [2.75, 3.05) is 10.6 Å². The number of hydrogen-bond acceptors (Lipinski definition) is 9. The lowest BCUT2D eigenvalue weighted by Gasteiger charge is -2.16. The Bertz CT molecular complexity index is 1330. The lowest BCUT2D eigenvalue weighted by molar-refractivity contribution is 0.856. The van der Waals surface area contributed by atoms with E-state index < -0.39 is 0 Å². The molecule has 158 valence electrons. The fourth-order valence-electron chi connectivity index (χ4n) is 3.11. The number of nitrogens with one attached hydrogen (secondary N) is 3. The number of rotatable bonds is 7. The molecule has 32 heavy (non-hydrogen) atoms. The van der Waals surface area contributed by atoms with E-state index in [4.69, 9.17) is 10.8 Å². The maximum Gasteiger partial charge on any atom is 0.164 e. The van der Waals surface area contributed by atoms with Gasteiger partial charge in [0.15, 0.2) is 11.5 Å². The van der Waals surface area contributed by atoms with E-state index in [0.717, 1.165) is 16.8 Å². The highest BCUT2D eigenvalue weighted by atomic mass is 15.3. The Labute approximate surface area is 184 Å². The van der Waals surface area contributed by atoms with Crippen molar-refractivity contribution in [3.05, 3.63) is 72.6 Å². The molecule has 3 N–H and O–H groups in total. The van der Waals surface area contributed by atoms with Gasteiger partial charge in [-0.1, -0.05) is 0 Å². The molecular formula is C22H20N10. The molecule has 4 heterocycles. The smallest absolute Gasteiger partial charge is 0.164 e. The lowest BCUT2D eigenvalue weighted by atomic mass is 10.1. The van der Waals surface area contributed by atoms with Gasteiger partial charge in [-0.15, -0.1) is 0 Å². The van der Waals surface area contributed by atoms with Crippen molar-refractivity contribution in [2.45, 2.75) is 19.9 Å². The van der Waals surface area contributed by atoms with Crippen LogP contribution in [0, 0.1) is 16.9 Å². The van der Waals surface area contributed by atoms with Gasteiger partial charge in [0.2, 0.25) is 0 Å². The molecule has 4 aromatic heterocycles. The minimum Gasteiger partial charge on any atom is -0.382 e. The number of hydrogen-bond donors (Lipinski definition) is 3. The van der Waals surface area contributed by atoms with Crippen LogP contribution in [0.1, 0.15) is 25.0 Å². The highest BCUT2D eigenvalue weighted by Crippen LogP contribution is 2.28. The van der Waals surface area contributed by atoms with Crippen molar-refractivity contribution in [1.29, 1.82) is 10.8 Å². The zero-order chi connectivity index (χ0) is 22.5. The largest absolute Gasteiger partial charge is 0.382 e. The molecule has 0 bridgehead atoms. The molecule has 4 rings (SSSR count).